The first-order valence-corrected chi connectivity index (χ1v) is 5.57. The van der Waals surface area contributed by atoms with Gasteiger partial charge in [0.2, 0.25) is 5.91 Å². The lowest BCUT2D eigenvalue weighted by molar-refractivity contribution is -0.116. The lowest BCUT2D eigenvalue weighted by Crippen LogP contribution is -2.14. The van der Waals surface area contributed by atoms with E-state index in [1.165, 1.54) is 0 Å². The standard InChI is InChI=1S/C11H15N5O/c1-2-15-9-10(8-13-15)14-11(17)4-7-16-6-3-5-12-16/h3,5-6,8-9H,2,4,7H2,1H3,(H,14,17). The van der Waals surface area contributed by atoms with E-state index in [1.54, 1.807) is 21.8 Å². The minimum Gasteiger partial charge on any atom is -0.323 e. The van der Waals surface area contributed by atoms with Crippen LogP contribution in [-0.2, 0) is 17.9 Å². The van der Waals surface area contributed by atoms with Crippen molar-refractivity contribution in [1.29, 1.82) is 0 Å². The van der Waals surface area contributed by atoms with Crippen LogP contribution in [0.2, 0.25) is 0 Å². The van der Waals surface area contributed by atoms with Crippen LogP contribution < -0.4 is 5.32 Å². The number of nitrogens with zero attached hydrogens (tertiary/aromatic N) is 4. The van der Waals surface area contributed by atoms with E-state index in [2.05, 4.69) is 15.5 Å². The van der Waals surface area contributed by atoms with Gasteiger partial charge in [0.15, 0.2) is 0 Å². The Morgan fingerprint density at radius 3 is 2.94 bits per heavy atom. The van der Waals surface area contributed by atoms with E-state index in [0.717, 1.165) is 12.2 Å². The van der Waals surface area contributed by atoms with Gasteiger partial charge in [-0.25, -0.2) is 0 Å². The molecule has 0 aliphatic rings. The summed E-state index contributed by atoms with van der Waals surface area (Å²) < 4.78 is 3.50. The molecule has 0 saturated heterocycles. The Kier molecular flexibility index (Phi) is 3.54. The quantitative estimate of drug-likeness (QED) is 0.841. The molecule has 0 aromatic carbocycles. The first-order valence-electron chi connectivity index (χ1n) is 5.57. The van der Waals surface area contributed by atoms with Crippen molar-refractivity contribution in [3.05, 3.63) is 30.9 Å². The first-order chi connectivity index (χ1) is 8.28. The zero-order valence-corrected chi connectivity index (χ0v) is 9.71. The Hall–Kier alpha value is -2.11. The highest BCUT2D eigenvalue weighted by Crippen LogP contribution is 2.05. The summed E-state index contributed by atoms with van der Waals surface area (Å²) in [6, 6.07) is 1.84. The molecule has 0 aliphatic heterocycles. The summed E-state index contributed by atoms with van der Waals surface area (Å²) in [5, 5.41) is 10.9. The zero-order chi connectivity index (χ0) is 12.1. The number of nitrogens with one attached hydrogen (secondary N) is 1. The molecule has 1 amide bonds. The fourth-order valence-corrected chi connectivity index (χ4v) is 1.47. The van der Waals surface area contributed by atoms with Crippen molar-refractivity contribution in [2.75, 3.05) is 5.32 Å². The van der Waals surface area contributed by atoms with Crippen LogP contribution in [0.5, 0.6) is 0 Å². The van der Waals surface area contributed by atoms with Crippen LogP contribution in [0, 0.1) is 0 Å². The van der Waals surface area contributed by atoms with E-state index >= 15 is 0 Å². The van der Waals surface area contributed by atoms with Gasteiger partial charge in [0.25, 0.3) is 0 Å². The number of carbonyl (C=O) groups is 1. The van der Waals surface area contributed by atoms with Crippen LogP contribution in [0.1, 0.15) is 13.3 Å². The van der Waals surface area contributed by atoms with Crippen LogP contribution in [0.3, 0.4) is 0 Å². The van der Waals surface area contributed by atoms with Crippen molar-refractivity contribution in [3.63, 3.8) is 0 Å². The van der Waals surface area contributed by atoms with Gasteiger partial charge in [-0.05, 0) is 13.0 Å². The molecule has 0 fully saturated rings. The normalized spacial score (nSPS) is 10.4. The minimum absolute atomic E-state index is 0.0313. The van der Waals surface area contributed by atoms with E-state index in [1.807, 2.05) is 25.4 Å². The molecule has 1 N–H and O–H groups in total. The molecule has 2 aromatic heterocycles. The Labute approximate surface area is 99.2 Å². The summed E-state index contributed by atoms with van der Waals surface area (Å²) in [5.41, 5.74) is 0.734. The topological polar surface area (TPSA) is 64.7 Å². The molecule has 0 atom stereocenters. The second-order valence-electron chi connectivity index (χ2n) is 3.65. The number of rotatable bonds is 5. The van der Waals surface area contributed by atoms with Gasteiger partial charge < -0.3 is 5.32 Å². The van der Waals surface area contributed by atoms with Gasteiger partial charge in [-0.2, -0.15) is 10.2 Å². The van der Waals surface area contributed by atoms with E-state index < -0.39 is 0 Å². The Morgan fingerprint density at radius 2 is 2.29 bits per heavy atom. The summed E-state index contributed by atoms with van der Waals surface area (Å²) in [7, 11) is 0. The number of aryl methyl sites for hydroxylation is 2. The molecule has 90 valence electrons. The van der Waals surface area contributed by atoms with Gasteiger partial charge >= 0.3 is 0 Å². The second-order valence-corrected chi connectivity index (χ2v) is 3.65. The van der Waals surface area contributed by atoms with E-state index in [-0.39, 0.29) is 5.91 Å². The Morgan fingerprint density at radius 1 is 1.41 bits per heavy atom. The van der Waals surface area contributed by atoms with Gasteiger partial charge in [0.05, 0.1) is 11.9 Å². The average Bonchev–Trinajstić information content (AvgIpc) is 2.97. The van der Waals surface area contributed by atoms with Crippen LogP contribution in [0.15, 0.2) is 30.9 Å². The maximum atomic E-state index is 11.6. The highest BCUT2D eigenvalue weighted by atomic mass is 16.1. The molecule has 6 heteroatoms. The van der Waals surface area contributed by atoms with Crippen LogP contribution in [0.4, 0.5) is 5.69 Å². The summed E-state index contributed by atoms with van der Waals surface area (Å²) in [6.45, 7) is 3.38. The molecule has 0 bridgehead atoms. The van der Waals surface area contributed by atoms with Gasteiger partial charge in [-0.1, -0.05) is 0 Å². The molecule has 0 radical (unpaired) electrons. The molecule has 0 saturated carbocycles. The number of carbonyl (C=O) groups excluding carboxylic acids is 1. The molecular weight excluding hydrogens is 218 g/mol. The Balaban J connectivity index is 1.81. The van der Waals surface area contributed by atoms with Gasteiger partial charge in [0.1, 0.15) is 0 Å². The molecule has 2 rings (SSSR count). The fraction of sp³-hybridized carbons (Fsp3) is 0.364. The monoisotopic (exact) mass is 233 g/mol. The lowest BCUT2D eigenvalue weighted by Gasteiger charge is -2.02. The maximum Gasteiger partial charge on any atom is 0.226 e. The summed E-state index contributed by atoms with van der Waals surface area (Å²) >= 11 is 0. The van der Waals surface area contributed by atoms with E-state index in [9.17, 15) is 4.79 Å². The van der Waals surface area contributed by atoms with Gasteiger partial charge in [-0.3, -0.25) is 14.2 Å². The first kappa shape index (κ1) is 11.4. The second kappa shape index (κ2) is 5.29. The predicted molar refractivity (Wildman–Crippen MR) is 63.4 cm³/mol. The largest absolute Gasteiger partial charge is 0.323 e. The van der Waals surface area contributed by atoms with Crippen LogP contribution in [-0.4, -0.2) is 25.5 Å². The Bertz CT molecular complexity index is 474. The molecule has 0 spiro atoms. The van der Waals surface area contributed by atoms with E-state index in [0.29, 0.717) is 13.0 Å². The van der Waals surface area contributed by atoms with Crippen molar-refractivity contribution in [2.24, 2.45) is 0 Å². The highest BCUT2D eigenvalue weighted by molar-refractivity contribution is 5.90. The SMILES string of the molecule is CCn1cc(NC(=O)CCn2cccn2)cn1. The smallest absolute Gasteiger partial charge is 0.226 e. The molecule has 0 aliphatic carbocycles. The highest BCUT2D eigenvalue weighted by Gasteiger charge is 2.04. The number of hydrogen-bond donors (Lipinski definition) is 1. The number of aromatic nitrogens is 4. The number of anilines is 1. The van der Waals surface area contributed by atoms with Gasteiger partial charge in [0, 0.05) is 38.1 Å². The summed E-state index contributed by atoms with van der Waals surface area (Å²) in [6.07, 6.45) is 7.39. The molecular formula is C11H15N5O. The van der Waals surface area contributed by atoms with Crippen molar-refractivity contribution in [2.45, 2.75) is 26.4 Å². The minimum atomic E-state index is -0.0313. The summed E-state index contributed by atoms with van der Waals surface area (Å²) in [4.78, 5) is 11.6. The fourth-order valence-electron chi connectivity index (χ4n) is 1.47. The third-order valence-electron chi connectivity index (χ3n) is 2.37. The van der Waals surface area contributed by atoms with Crippen LogP contribution in [0.25, 0.3) is 0 Å². The van der Waals surface area contributed by atoms with Crippen molar-refractivity contribution in [1.82, 2.24) is 19.6 Å². The number of hydrogen-bond acceptors (Lipinski definition) is 3. The third-order valence-corrected chi connectivity index (χ3v) is 2.37. The van der Waals surface area contributed by atoms with Crippen molar-refractivity contribution < 1.29 is 4.79 Å². The van der Waals surface area contributed by atoms with Gasteiger partial charge in [-0.15, -0.1) is 0 Å². The molecule has 0 unspecified atom stereocenters. The molecule has 2 heterocycles. The van der Waals surface area contributed by atoms with Crippen molar-refractivity contribution >= 4 is 11.6 Å². The molecule has 2 aromatic rings. The third kappa shape index (κ3) is 3.17. The summed E-state index contributed by atoms with van der Waals surface area (Å²) in [5.74, 6) is -0.0313. The number of amides is 1. The predicted octanol–water partition coefficient (Wildman–Crippen LogP) is 1.13. The zero-order valence-electron chi connectivity index (χ0n) is 9.71. The maximum absolute atomic E-state index is 11.6. The molecule has 6 nitrogen and oxygen atoms in total. The van der Waals surface area contributed by atoms with Crippen LogP contribution >= 0.6 is 0 Å². The lowest BCUT2D eigenvalue weighted by atomic mass is 10.4. The average molecular weight is 233 g/mol. The van der Waals surface area contributed by atoms with E-state index in [4.69, 9.17) is 0 Å². The molecule has 17 heavy (non-hydrogen) atoms. The van der Waals surface area contributed by atoms with Crippen molar-refractivity contribution in [3.8, 4) is 0 Å².